The van der Waals surface area contributed by atoms with Crippen LogP contribution in [0.1, 0.15) is 34.1 Å². The minimum absolute atomic E-state index is 0.0958. The molecule has 21 heavy (non-hydrogen) atoms. The Balaban J connectivity index is 2.43. The predicted molar refractivity (Wildman–Crippen MR) is 90.6 cm³/mol. The Morgan fingerprint density at radius 1 is 1.19 bits per heavy atom. The molecule has 1 rings (SSSR count). The SMILES string of the molecule is CC(C)CCOc1ccc(NC(=S)NC(=O)C(C)C)cc1. The van der Waals surface area contributed by atoms with Crippen molar-refractivity contribution < 1.29 is 9.53 Å². The molecule has 1 aromatic carbocycles. The van der Waals surface area contributed by atoms with E-state index >= 15 is 0 Å². The van der Waals surface area contributed by atoms with Gasteiger partial charge in [0.05, 0.1) is 6.61 Å². The number of carbonyl (C=O) groups is 1. The number of anilines is 1. The Morgan fingerprint density at radius 3 is 2.33 bits per heavy atom. The van der Waals surface area contributed by atoms with Gasteiger partial charge in [0.2, 0.25) is 5.91 Å². The molecule has 0 aliphatic heterocycles. The molecule has 0 unspecified atom stereocenters. The fraction of sp³-hybridized carbons (Fsp3) is 0.500. The summed E-state index contributed by atoms with van der Waals surface area (Å²) in [5.74, 6) is 1.27. The maximum Gasteiger partial charge on any atom is 0.228 e. The van der Waals surface area contributed by atoms with E-state index in [0.717, 1.165) is 17.9 Å². The molecule has 0 aliphatic carbocycles. The zero-order valence-corrected chi connectivity index (χ0v) is 13.9. The Bertz CT molecular complexity index is 470. The molecule has 0 saturated heterocycles. The van der Waals surface area contributed by atoms with Crippen molar-refractivity contribution >= 4 is 28.9 Å². The highest BCUT2D eigenvalue weighted by atomic mass is 32.1. The van der Waals surface area contributed by atoms with E-state index in [9.17, 15) is 4.79 Å². The van der Waals surface area contributed by atoms with Gasteiger partial charge >= 0.3 is 0 Å². The summed E-state index contributed by atoms with van der Waals surface area (Å²) in [5, 5.41) is 5.92. The predicted octanol–water partition coefficient (Wildman–Crippen LogP) is 3.58. The largest absolute Gasteiger partial charge is 0.494 e. The molecule has 1 aromatic rings. The molecule has 0 radical (unpaired) electrons. The standard InChI is InChI=1S/C16H24N2O2S/c1-11(2)9-10-20-14-7-5-13(6-8-14)17-16(21)18-15(19)12(3)4/h5-8,11-12H,9-10H2,1-4H3,(H2,17,18,19,21). The molecule has 0 heterocycles. The summed E-state index contributed by atoms with van der Waals surface area (Å²) in [4.78, 5) is 11.5. The van der Waals surface area contributed by atoms with Gasteiger partial charge in [-0.25, -0.2) is 0 Å². The third kappa shape index (κ3) is 7.09. The summed E-state index contributed by atoms with van der Waals surface area (Å²) in [6.07, 6.45) is 1.03. The summed E-state index contributed by atoms with van der Waals surface area (Å²) < 4.78 is 5.64. The van der Waals surface area contributed by atoms with Gasteiger partial charge in [-0.15, -0.1) is 0 Å². The number of nitrogens with one attached hydrogen (secondary N) is 2. The Kier molecular flexibility index (Phi) is 7.15. The number of hydrogen-bond donors (Lipinski definition) is 2. The van der Waals surface area contributed by atoms with Crippen molar-refractivity contribution in [1.82, 2.24) is 5.32 Å². The lowest BCUT2D eigenvalue weighted by atomic mass is 10.1. The Morgan fingerprint density at radius 2 is 1.81 bits per heavy atom. The summed E-state index contributed by atoms with van der Waals surface area (Å²) in [5.41, 5.74) is 0.820. The first kappa shape index (κ1) is 17.4. The first-order valence-corrected chi connectivity index (χ1v) is 7.64. The summed E-state index contributed by atoms with van der Waals surface area (Å²) in [6.45, 7) is 8.70. The Labute approximate surface area is 132 Å². The van der Waals surface area contributed by atoms with E-state index in [1.165, 1.54) is 0 Å². The molecule has 0 aliphatic rings. The second-order valence-electron chi connectivity index (χ2n) is 5.65. The zero-order valence-electron chi connectivity index (χ0n) is 13.1. The second kappa shape index (κ2) is 8.62. The molecule has 2 N–H and O–H groups in total. The van der Waals surface area contributed by atoms with Crippen LogP contribution in [0.25, 0.3) is 0 Å². The van der Waals surface area contributed by atoms with Crippen LogP contribution in [0.5, 0.6) is 5.75 Å². The normalized spacial score (nSPS) is 10.6. The number of thiocarbonyl (C=S) groups is 1. The third-order valence-electron chi connectivity index (χ3n) is 2.84. The number of hydrogen-bond acceptors (Lipinski definition) is 3. The fourth-order valence-corrected chi connectivity index (χ4v) is 1.68. The number of rotatable bonds is 6. The van der Waals surface area contributed by atoms with Crippen molar-refractivity contribution in [3.05, 3.63) is 24.3 Å². The van der Waals surface area contributed by atoms with Gasteiger partial charge in [0, 0.05) is 11.6 Å². The minimum Gasteiger partial charge on any atom is -0.494 e. The summed E-state index contributed by atoms with van der Waals surface area (Å²) in [7, 11) is 0. The van der Waals surface area contributed by atoms with Gasteiger partial charge in [-0.2, -0.15) is 0 Å². The first-order chi connectivity index (χ1) is 9.88. The van der Waals surface area contributed by atoms with Crippen LogP contribution >= 0.6 is 12.2 Å². The van der Waals surface area contributed by atoms with E-state index in [2.05, 4.69) is 24.5 Å². The molecule has 1 amide bonds. The number of benzene rings is 1. The van der Waals surface area contributed by atoms with Crippen LogP contribution in [0.2, 0.25) is 0 Å². The van der Waals surface area contributed by atoms with E-state index in [-0.39, 0.29) is 11.8 Å². The zero-order chi connectivity index (χ0) is 15.8. The summed E-state index contributed by atoms with van der Waals surface area (Å²) >= 11 is 5.09. The average molecular weight is 308 g/mol. The molecule has 5 heteroatoms. The average Bonchev–Trinajstić information content (AvgIpc) is 2.40. The Hall–Kier alpha value is -1.62. The van der Waals surface area contributed by atoms with Crippen LogP contribution < -0.4 is 15.4 Å². The number of carbonyl (C=O) groups excluding carboxylic acids is 1. The van der Waals surface area contributed by atoms with Crippen molar-refractivity contribution in [2.45, 2.75) is 34.1 Å². The van der Waals surface area contributed by atoms with Crippen molar-refractivity contribution in [2.75, 3.05) is 11.9 Å². The molecule has 0 aromatic heterocycles. The third-order valence-corrected chi connectivity index (χ3v) is 3.04. The van der Waals surface area contributed by atoms with Crippen LogP contribution in [-0.2, 0) is 4.79 Å². The first-order valence-electron chi connectivity index (χ1n) is 7.23. The van der Waals surface area contributed by atoms with Crippen molar-refractivity contribution in [2.24, 2.45) is 11.8 Å². The van der Waals surface area contributed by atoms with E-state index in [0.29, 0.717) is 17.6 Å². The van der Waals surface area contributed by atoms with Crippen molar-refractivity contribution in [1.29, 1.82) is 0 Å². The van der Waals surface area contributed by atoms with Gasteiger partial charge in [-0.3, -0.25) is 4.79 Å². The summed E-state index contributed by atoms with van der Waals surface area (Å²) in [6, 6.07) is 7.52. The lowest BCUT2D eigenvalue weighted by Gasteiger charge is -2.12. The lowest BCUT2D eigenvalue weighted by Crippen LogP contribution is -2.36. The smallest absolute Gasteiger partial charge is 0.228 e. The maximum absolute atomic E-state index is 11.5. The topological polar surface area (TPSA) is 50.4 Å². The van der Waals surface area contributed by atoms with Gasteiger partial charge in [0.25, 0.3) is 0 Å². The van der Waals surface area contributed by atoms with E-state index in [4.69, 9.17) is 17.0 Å². The van der Waals surface area contributed by atoms with Crippen LogP contribution in [0.3, 0.4) is 0 Å². The van der Waals surface area contributed by atoms with Crippen LogP contribution in [0.4, 0.5) is 5.69 Å². The lowest BCUT2D eigenvalue weighted by molar-refractivity contribution is -0.122. The van der Waals surface area contributed by atoms with Gasteiger partial charge in [0.15, 0.2) is 5.11 Å². The molecule has 0 bridgehead atoms. The van der Waals surface area contributed by atoms with Gasteiger partial charge < -0.3 is 15.4 Å². The maximum atomic E-state index is 11.5. The fourth-order valence-electron chi connectivity index (χ4n) is 1.47. The molecule has 0 saturated carbocycles. The molecule has 0 spiro atoms. The molecule has 116 valence electrons. The van der Waals surface area contributed by atoms with Crippen LogP contribution in [-0.4, -0.2) is 17.6 Å². The van der Waals surface area contributed by atoms with Crippen LogP contribution in [0.15, 0.2) is 24.3 Å². The van der Waals surface area contributed by atoms with Crippen molar-refractivity contribution in [3.8, 4) is 5.75 Å². The van der Waals surface area contributed by atoms with E-state index in [1.54, 1.807) is 0 Å². The monoisotopic (exact) mass is 308 g/mol. The van der Waals surface area contributed by atoms with Crippen molar-refractivity contribution in [3.63, 3.8) is 0 Å². The van der Waals surface area contributed by atoms with E-state index in [1.807, 2.05) is 38.1 Å². The molecule has 0 atom stereocenters. The number of amides is 1. The number of ether oxygens (including phenoxy) is 1. The van der Waals surface area contributed by atoms with Crippen LogP contribution in [0, 0.1) is 11.8 Å². The quantitative estimate of drug-likeness (QED) is 0.789. The molecular weight excluding hydrogens is 284 g/mol. The molecule has 0 fully saturated rings. The highest BCUT2D eigenvalue weighted by Crippen LogP contribution is 2.16. The van der Waals surface area contributed by atoms with Gasteiger partial charge in [0.1, 0.15) is 5.75 Å². The minimum atomic E-state index is -0.0962. The van der Waals surface area contributed by atoms with E-state index < -0.39 is 0 Å². The van der Waals surface area contributed by atoms with Gasteiger partial charge in [-0.05, 0) is 48.8 Å². The molecule has 4 nitrogen and oxygen atoms in total. The molecular formula is C16H24N2O2S. The highest BCUT2D eigenvalue weighted by Gasteiger charge is 2.08. The second-order valence-corrected chi connectivity index (χ2v) is 6.06. The van der Waals surface area contributed by atoms with Gasteiger partial charge in [-0.1, -0.05) is 27.7 Å². The highest BCUT2D eigenvalue weighted by molar-refractivity contribution is 7.80.